The first kappa shape index (κ1) is 19.9. The molecule has 30 heavy (non-hydrogen) atoms. The summed E-state index contributed by atoms with van der Waals surface area (Å²) in [4.78, 5) is 25.5. The minimum atomic E-state index is -0.663. The zero-order valence-electron chi connectivity index (χ0n) is 16.7. The van der Waals surface area contributed by atoms with Crippen LogP contribution < -0.4 is 4.90 Å². The molecule has 0 spiro atoms. The first-order valence-corrected chi connectivity index (χ1v) is 9.60. The number of halogens is 2. The van der Waals surface area contributed by atoms with Gasteiger partial charge in [0.2, 0.25) is 0 Å². The Morgan fingerprint density at radius 2 is 1.80 bits per heavy atom. The lowest BCUT2D eigenvalue weighted by molar-refractivity contribution is 0.0740. The molecule has 3 aromatic rings. The molecule has 1 aliphatic rings. The van der Waals surface area contributed by atoms with E-state index in [9.17, 15) is 13.6 Å². The zero-order chi connectivity index (χ0) is 21.3. The molecular formula is C20H21F2N7O. The summed E-state index contributed by atoms with van der Waals surface area (Å²) < 4.78 is 28.9. The quantitative estimate of drug-likeness (QED) is 0.651. The molecule has 0 saturated carbocycles. The normalized spacial score (nSPS) is 14.3. The molecule has 8 nitrogen and oxygen atoms in total. The molecule has 1 fully saturated rings. The third kappa shape index (κ3) is 3.98. The van der Waals surface area contributed by atoms with Crippen LogP contribution in [0.3, 0.4) is 0 Å². The molecule has 156 valence electrons. The van der Waals surface area contributed by atoms with Gasteiger partial charge in [-0.3, -0.25) is 9.78 Å². The summed E-state index contributed by atoms with van der Waals surface area (Å²) in [5.74, 6) is -0.755. The van der Waals surface area contributed by atoms with Gasteiger partial charge in [0, 0.05) is 37.9 Å². The Morgan fingerprint density at radius 1 is 1.10 bits per heavy atom. The van der Waals surface area contributed by atoms with Crippen LogP contribution in [0.2, 0.25) is 0 Å². The van der Waals surface area contributed by atoms with Crippen molar-refractivity contribution in [3.8, 4) is 0 Å². The van der Waals surface area contributed by atoms with E-state index < -0.39 is 11.6 Å². The second-order valence-corrected chi connectivity index (χ2v) is 7.20. The fourth-order valence-electron chi connectivity index (χ4n) is 3.43. The predicted molar refractivity (Wildman–Crippen MR) is 105 cm³/mol. The first-order valence-electron chi connectivity index (χ1n) is 9.60. The van der Waals surface area contributed by atoms with E-state index in [1.54, 1.807) is 11.1 Å². The number of piperazine rings is 1. The molecule has 0 aliphatic carbocycles. The maximum atomic E-state index is 13.8. The van der Waals surface area contributed by atoms with E-state index in [1.807, 2.05) is 13.8 Å². The number of carbonyl (C=O) groups is 1. The van der Waals surface area contributed by atoms with Gasteiger partial charge in [0.25, 0.3) is 5.91 Å². The fraction of sp³-hybridized carbons (Fsp3) is 0.350. The monoisotopic (exact) mass is 413 g/mol. The Hall–Kier alpha value is -3.43. The smallest absolute Gasteiger partial charge is 0.276 e. The zero-order valence-corrected chi connectivity index (χ0v) is 16.7. The van der Waals surface area contributed by atoms with E-state index >= 15 is 0 Å². The van der Waals surface area contributed by atoms with Crippen LogP contribution in [0.15, 0.2) is 30.6 Å². The number of anilines is 1. The molecule has 0 bridgehead atoms. The van der Waals surface area contributed by atoms with Crippen molar-refractivity contribution < 1.29 is 13.6 Å². The third-order valence-corrected chi connectivity index (χ3v) is 5.06. The minimum Gasteiger partial charge on any atom is -0.352 e. The Kier molecular flexibility index (Phi) is 5.39. The van der Waals surface area contributed by atoms with Gasteiger partial charge in [0.15, 0.2) is 5.69 Å². The van der Waals surface area contributed by atoms with Crippen LogP contribution in [0.5, 0.6) is 0 Å². The van der Waals surface area contributed by atoms with Crippen LogP contribution in [-0.2, 0) is 6.54 Å². The topological polar surface area (TPSA) is 80.0 Å². The number of nitrogens with zero attached hydrogens (tertiary/aromatic N) is 7. The molecule has 1 aromatic carbocycles. The van der Waals surface area contributed by atoms with Crippen molar-refractivity contribution in [3.05, 3.63) is 64.9 Å². The molecule has 1 amide bonds. The fourth-order valence-corrected chi connectivity index (χ4v) is 3.43. The van der Waals surface area contributed by atoms with Gasteiger partial charge in [0.1, 0.15) is 17.5 Å². The highest BCUT2D eigenvalue weighted by atomic mass is 19.1. The molecule has 2 aromatic heterocycles. The standard InChI is InChI=1S/C20H21F2N7O/c1-13-10-23-14(2)19(24-13)27-6-8-28(9-7-27)20(30)18-12-29(26-25-18)11-15-16(21)4-3-5-17(15)22/h3-5,10,12H,6-9,11H2,1-2H3. The second kappa shape index (κ2) is 8.13. The SMILES string of the molecule is Cc1cnc(C)c(N2CCN(C(=O)c3cn(Cc4c(F)cccc4F)nn3)CC2)n1. The van der Waals surface area contributed by atoms with Crippen LogP contribution in [0.4, 0.5) is 14.6 Å². The van der Waals surface area contributed by atoms with E-state index in [4.69, 9.17) is 0 Å². The highest BCUT2D eigenvalue weighted by Crippen LogP contribution is 2.18. The van der Waals surface area contributed by atoms with Gasteiger partial charge in [0.05, 0.1) is 24.1 Å². The van der Waals surface area contributed by atoms with Gasteiger partial charge in [-0.25, -0.2) is 18.4 Å². The molecular weight excluding hydrogens is 392 g/mol. The van der Waals surface area contributed by atoms with E-state index in [0.717, 1.165) is 17.2 Å². The summed E-state index contributed by atoms with van der Waals surface area (Å²) in [5.41, 5.74) is 1.72. The number of hydrogen-bond acceptors (Lipinski definition) is 6. The number of aryl methyl sites for hydroxylation is 2. The highest BCUT2D eigenvalue weighted by molar-refractivity contribution is 5.92. The van der Waals surface area contributed by atoms with Crippen molar-refractivity contribution in [3.63, 3.8) is 0 Å². The lowest BCUT2D eigenvalue weighted by Gasteiger charge is -2.35. The molecule has 10 heteroatoms. The second-order valence-electron chi connectivity index (χ2n) is 7.20. The van der Waals surface area contributed by atoms with Crippen molar-refractivity contribution in [1.82, 2.24) is 29.9 Å². The van der Waals surface area contributed by atoms with Gasteiger partial charge in [-0.15, -0.1) is 5.10 Å². The minimum absolute atomic E-state index is 0.121. The maximum absolute atomic E-state index is 13.8. The van der Waals surface area contributed by atoms with E-state index in [2.05, 4.69) is 25.2 Å². The molecule has 1 saturated heterocycles. The maximum Gasteiger partial charge on any atom is 0.276 e. The molecule has 0 N–H and O–H groups in total. The third-order valence-electron chi connectivity index (χ3n) is 5.06. The van der Waals surface area contributed by atoms with Crippen LogP contribution in [0.1, 0.15) is 27.4 Å². The van der Waals surface area contributed by atoms with Crippen molar-refractivity contribution in [2.75, 3.05) is 31.1 Å². The summed E-state index contributed by atoms with van der Waals surface area (Å²) in [5, 5.41) is 7.74. The Labute approximate surface area is 172 Å². The number of carbonyl (C=O) groups excluding carboxylic acids is 1. The van der Waals surface area contributed by atoms with Crippen molar-refractivity contribution in [2.24, 2.45) is 0 Å². The lowest BCUT2D eigenvalue weighted by atomic mass is 10.2. The summed E-state index contributed by atoms with van der Waals surface area (Å²) >= 11 is 0. The summed E-state index contributed by atoms with van der Waals surface area (Å²) in [6, 6.07) is 3.66. The number of hydrogen-bond donors (Lipinski definition) is 0. The van der Waals surface area contributed by atoms with Crippen molar-refractivity contribution >= 4 is 11.7 Å². The molecule has 4 rings (SSSR count). The van der Waals surface area contributed by atoms with Crippen LogP contribution >= 0.6 is 0 Å². The van der Waals surface area contributed by atoms with Crippen LogP contribution in [0.25, 0.3) is 0 Å². The summed E-state index contributed by atoms with van der Waals surface area (Å²) in [7, 11) is 0. The van der Waals surface area contributed by atoms with Crippen molar-refractivity contribution in [1.29, 1.82) is 0 Å². The van der Waals surface area contributed by atoms with Gasteiger partial charge in [-0.2, -0.15) is 0 Å². The van der Waals surface area contributed by atoms with Crippen molar-refractivity contribution in [2.45, 2.75) is 20.4 Å². The van der Waals surface area contributed by atoms with Gasteiger partial charge in [-0.1, -0.05) is 11.3 Å². The van der Waals surface area contributed by atoms with E-state index in [0.29, 0.717) is 26.2 Å². The average Bonchev–Trinajstić information content (AvgIpc) is 3.21. The summed E-state index contributed by atoms with van der Waals surface area (Å²) in [6.07, 6.45) is 3.14. The predicted octanol–water partition coefficient (Wildman–Crippen LogP) is 1.97. The van der Waals surface area contributed by atoms with Gasteiger partial charge in [-0.05, 0) is 26.0 Å². The van der Waals surface area contributed by atoms with Gasteiger partial charge >= 0.3 is 0 Å². The largest absolute Gasteiger partial charge is 0.352 e. The van der Waals surface area contributed by atoms with Gasteiger partial charge < -0.3 is 9.80 Å². The molecule has 0 unspecified atom stereocenters. The van der Waals surface area contributed by atoms with Crippen LogP contribution in [0, 0.1) is 25.5 Å². The van der Waals surface area contributed by atoms with E-state index in [-0.39, 0.29) is 23.7 Å². The molecule has 3 heterocycles. The lowest BCUT2D eigenvalue weighted by Crippen LogP contribution is -2.49. The Balaban J connectivity index is 1.41. The number of benzene rings is 1. The summed E-state index contributed by atoms with van der Waals surface area (Å²) in [6.45, 7) is 5.92. The number of amides is 1. The first-order chi connectivity index (χ1) is 14.4. The Bertz CT molecular complexity index is 1060. The van der Waals surface area contributed by atoms with Crippen LogP contribution in [-0.4, -0.2) is 61.9 Å². The molecule has 1 aliphatic heterocycles. The average molecular weight is 413 g/mol. The molecule has 0 atom stereocenters. The Morgan fingerprint density at radius 3 is 2.50 bits per heavy atom. The number of rotatable bonds is 4. The van der Waals surface area contributed by atoms with E-state index in [1.165, 1.54) is 29.1 Å². The number of aromatic nitrogens is 5. The highest BCUT2D eigenvalue weighted by Gasteiger charge is 2.26. The molecule has 0 radical (unpaired) electrons.